The van der Waals surface area contributed by atoms with E-state index < -0.39 is 5.91 Å². The number of pyridine rings is 2. The molecule has 1 amide bonds. The molecule has 2 aromatic carbocycles. The van der Waals surface area contributed by atoms with Gasteiger partial charge in [-0.25, -0.2) is 4.98 Å². The third kappa shape index (κ3) is 2.84. The van der Waals surface area contributed by atoms with E-state index in [9.17, 15) is 4.79 Å². The lowest BCUT2D eigenvalue weighted by atomic mass is 10.0. The second-order valence-electron chi connectivity index (χ2n) is 7.01. The Labute approximate surface area is 167 Å². The number of hydrogen-bond donors (Lipinski definition) is 1. The molecule has 0 fully saturated rings. The molecule has 0 saturated heterocycles. The lowest BCUT2D eigenvalue weighted by Crippen LogP contribution is -2.15. The van der Waals surface area contributed by atoms with Crippen LogP contribution in [0.3, 0.4) is 0 Å². The van der Waals surface area contributed by atoms with Gasteiger partial charge < -0.3 is 5.73 Å². The topological polar surface area (TPSA) is 73.3 Å². The van der Waals surface area contributed by atoms with E-state index in [1.165, 1.54) is 0 Å². The van der Waals surface area contributed by atoms with Gasteiger partial charge in [0.25, 0.3) is 5.91 Å². The third-order valence-electron chi connectivity index (χ3n) is 5.07. The number of carbonyl (C=O) groups is 1. The van der Waals surface area contributed by atoms with Crippen molar-refractivity contribution in [2.75, 3.05) is 0 Å². The maximum Gasteiger partial charge on any atom is 0.268 e. The van der Waals surface area contributed by atoms with E-state index in [4.69, 9.17) is 10.7 Å². The Balaban J connectivity index is 1.78. The molecule has 0 bridgehead atoms. The minimum Gasteiger partial charge on any atom is -0.364 e. The van der Waals surface area contributed by atoms with Crippen molar-refractivity contribution < 1.29 is 4.79 Å². The maximum atomic E-state index is 12.3. The van der Waals surface area contributed by atoms with Crippen LogP contribution < -0.4 is 5.73 Å². The number of aromatic nitrogens is 3. The zero-order valence-corrected chi connectivity index (χ0v) is 15.8. The van der Waals surface area contributed by atoms with Crippen molar-refractivity contribution in [3.8, 4) is 22.4 Å². The van der Waals surface area contributed by atoms with Crippen molar-refractivity contribution in [2.24, 2.45) is 5.73 Å². The average molecular weight is 378 g/mol. The summed E-state index contributed by atoms with van der Waals surface area (Å²) < 4.78 is 1.78. The number of aryl methyl sites for hydroxylation is 1. The summed E-state index contributed by atoms with van der Waals surface area (Å²) in [4.78, 5) is 21.7. The van der Waals surface area contributed by atoms with E-state index in [1.54, 1.807) is 4.40 Å². The largest absolute Gasteiger partial charge is 0.364 e. The molecule has 0 unspecified atom stereocenters. The van der Waals surface area contributed by atoms with Crippen LogP contribution in [0.2, 0.25) is 0 Å². The highest BCUT2D eigenvalue weighted by molar-refractivity contribution is 6.00. The number of fused-ring (bicyclic) bond motifs is 2. The molecule has 0 spiro atoms. The van der Waals surface area contributed by atoms with Crippen LogP contribution in [-0.2, 0) is 0 Å². The fraction of sp³-hybridized carbons (Fsp3) is 0.0417. The minimum absolute atomic E-state index is 0.381. The van der Waals surface area contributed by atoms with Crippen LogP contribution in [0.25, 0.3) is 38.9 Å². The van der Waals surface area contributed by atoms with Gasteiger partial charge in [-0.05, 0) is 42.8 Å². The Morgan fingerprint density at radius 2 is 1.72 bits per heavy atom. The predicted octanol–water partition coefficient (Wildman–Crippen LogP) is 4.62. The SMILES string of the molecule is Cc1ccc2cc(-c3cccn4c(C(N)=O)c(-c5ccccc5)nc34)ccc2n1. The molecule has 0 aliphatic heterocycles. The highest BCUT2D eigenvalue weighted by atomic mass is 16.1. The lowest BCUT2D eigenvalue weighted by Gasteiger charge is -2.07. The van der Waals surface area contributed by atoms with Gasteiger partial charge in [0.2, 0.25) is 0 Å². The lowest BCUT2D eigenvalue weighted by molar-refractivity contribution is 0.0995. The Morgan fingerprint density at radius 1 is 0.897 bits per heavy atom. The van der Waals surface area contributed by atoms with Crippen molar-refractivity contribution in [2.45, 2.75) is 6.92 Å². The molecule has 5 nitrogen and oxygen atoms in total. The highest BCUT2D eigenvalue weighted by Gasteiger charge is 2.20. The number of carbonyl (C=O) groups excluding carboxylic acids is 1. The Kier molecular flexibility index (Phi) is 3.88. The number of benzene rings is 2. The van der Waals surface area contributed by atoms with Crippen molar-refractivity contribution in [3.05, 3.63) is 90.4 Å². The normalized spacial score (nSPS) is 11.2. The van der Waals surface area contributed by atoms with Crippen LogP contribution in [0.15, 0.2) is 79.0 Å². The number of nitrogens with two attached hydrogens (primary N) is 1. The van der Waals surface area contributed by atoms with Crippen LogP contribution in [0, 0.1) is 6.92 Å². The first-order valence-corrected chi connectivity index (χ1v) is 9.36. The third-order valence-corrected chi connectivity index (χ3v) is 5.07. The van der Waals surface area contributed by atoms with Crippen LogP contribution in [0.4, 0.5) is 0 Å². The van der Waals surface area contributed by atoms with Crippen LogP contribution in [0.1, 0.15) is 16.2 Å². The average Bonchev–Trinajstić information content (AvgIpc) is 3.14. The predicted molar refractivity (Wildman–Crippen MR) is 115 cm³/mol. The summed E-state index contributed by atoms with van der Waals surface area (Å²) in [6.07, 6.45) is 1.82. The van der Waals surface area contributed by atoms with Crippen molar-refractivity contribution in [3.63, 3.8) is 0 Å². The summed E-state index contributed by atoms with van der Waals surface area (Å²) in [5, 5.41) is 1.06. The van der Waals surface area contributed by atoms with E-state index in [-0.39, 0.29) is 0 Å². The molecule has 5 heteroatoms. The van der Waals surface area contributed by atoms with Gasteiger partial charge in [-0.3, -0.25) is 14.2 Å². The van der Waals surface area contributed by atoms with E-state index in [1.807, 2.05) is 73.8 Å². The Morgan fingerprint density at radius 3 is 2.52 bits per heavy atom. The number of imidazole rings is 1. The van der Waals surface area contributed by atoms with Gasteiger partial charge in [-0.15, -0.1) is 0 Å². The summed E-state index contributed by atoms with van der Waals surface area (Å²) >= 11 is 0. The van der Waals surface area contributed by atoms with E-state index >= 15 is 0 Å². The van der Waals surface area contributed by atoms with Crippen molar-refractivity contribution >= 4 is 22.5 Å². The standard InChI is InChI=1S/C24H18N4O/c1-15-9-10-18-14-17(11-12-20(18)26-15)19-8-5-13-28-22(23(25)29)21(27-24(19)28)16-6-3-2-4-7-16/h2-14H,1H3,(H2,25,29). The number of rotatable bonds is 3. The summed E-state index contributed by atoms with van der Waals surface area (Å²) in [5.74, 6) is -0.508. The fourth-order valence-corrected chi connectivity index (χ4v) is 3.72. The zero-order chi connectivity index (χ0) is 20.0. The molecule has 0 radical (unpaired) electrons. The number of amides is 1. The maximum absolute atomic E-state index is 12.3. The zero-order valence-electron chi connectivity index (χ0n) is 15.8. The number of hydrogen-bond acceptors (Lipinski definition) is 3. The highest BCUT2D eigenvalue weighted by Crippen LogP contribution is 2.31. The number of primary amides is 1. The minimum atomic E-state index is -0.508. The van der Waals surface area contributed by atoms with Gasteiger partial charge in [-0.2, -0.15) is 0 Å². The van der Waals surface area contributed by atoms with Crippen LogP contribution in [0.5, 0.6) is 0 Å². The fourth-order valence-electron chi connectivity index (χ4n) is 3.72. The molecule has 0 aliphatic rings. The first-order valence-electron chi connectivity index (χ1n) is 9.36. The quantitative estimate of drug-likeness (QED) is 0.498. The first-order chi connectivity index (χ1) is 14.1. The summed E-state index contributed by atoms with van der Waals surface area (Å²) in [7, 11) is 0. The van der Waals surface area contributed by atoms with Gasteiger partial charge in [-0.1, -0.05) is 42.5 Å². The molecule has 0 saturated carbocycles. The van der Waals surface area contributed by atoms with Gasteiger partial charge in [0, 0.05) is 28.4 Å². The molecule has 2 N–H and O–H groups in total. The molecule has 3 heterocycles. The number of nitrogens with zero attached hydrogens (tertiary/aromatic N) is 3. The monoisotopic (exact) mass is 378 g/mol. The second-order valence-corrected chi connectivity index (χ2v) is 7.01. The van der Waals surface area contributed by atoms with Crippen LogP contribution >= 0.6 is 0 Å². The molecule has 0 aliphatic carbocycles. The van der Waals surface area contributed by atoms with Crippen LogP contribution in [-0.4, -0.2) is 20.3 Å². The molecule has 5 rings (SSSR count). The van der Waals surface area contributed by atoms with Gasteiger partial charge in [0.15, 0.2) is 0 Å². The molecular weight excluding hydrogens is 360 g/mol. The van der Waals surface area contributed by atoms with Gasteiger partial charge in [0.1, 0.15) is 17.0 Å². The van der Waals surface area contributed by atoms with E-state index in [0.717, 1.165) is 33.3 Å². The molecule has 140 valence electrons. The van der Waals surface area contributed by atoms with Crippen molar-refractivity contribution in [1.82, 2.24) is 14.4 Å². The molecule has 5 aromatic rings. The Hall–Kier alpha value is -3.99. The molecular formula is C24H18N4O. The van der Waals surface area contributed by atoms with E-state index in [2.05, 4.69) is 17.1 Å². The second kappa shape index (κ2) is 6.56. The summed E-state index contributed by atoms with van der Waals surface area (Å²) in [5.41, 5.74) is 12.1. The molecule has 3 aromatic heterocycles. The molecule has 29 heavy (non-hydrogen) atoms. The molecule has 0 atom stereocenters. The Bertz CT molecular complexity index is 1390. The van der Waals surface area contributed by atoms with Crippen molar-refractivity contribution in [1.29, 1.82) is 0 Å². The first kappa shape index (κ1) is 17.1. The van der Waals surface area contributed by atoms with Gasteiger partial charge in [0.05, 0.1) is 5.52 Å². The smallest absolute Gasteiger partial charge is 0.268 e. The summed E-state index contributed by atoms with van der Waals surface area (Å²) in [6, 6.07) is 23.7. The summed E-state index contributed by atoms with van der Waals surface area (Å²) in [6.45, 7) is 1.98. The van der Waals surface area contributed by atoms with E-state index in [0.29, 0.717) is 17.0 Å². The van der Waals surface area contributed by atoms with Gasteiger partial charge >= 0.3 is 0 Å².